The number of carbonyl (C=O) groups excluding carboxylic acids is 2. The van der Waals surface area contributed by atoms with Crippen molar-refractivity contribution in [3.05, 3.63) is 35.6 Å². The number of rotatable bonds is 7. The molecule has 8 heteroatoms. The fourth-order valence-electron chi connectivity index (χ4n) is 5.41. The molecule has 0 aromatic heterocycles. The van der Waals surface area contributed by atoms with Gasteiger partial charge in [0.15, 0.2) is 0 Å². The van der Waals surface area contributed by atoms with Crippen LogP contribution in [-0.4, -0.2) is 79.1 Å². The second-order valence-corrected chi connectivity index (χ2v) is 9.27. The molecule has 1 saturated carbocycles. The summed E-state index contributed by atoms with van der Waals surface area (Å²) >= 11 is 0. The minimum absolute atomic E-state index is 0.00618. The molecule has 0 spiro atoms. The van der Waals surface area contributed by atoms with Crippen LogP contribution in [-0.2, 0) is 20.9 Å². The van der Waals surface area contributed by atoms with Gasteiger partial charge in [0.2, 0.25) is 11.8 Å². The van der Waals surface area contributed by atoms with Crippen LogP contribution >= 0.6 is 0 Å². The lowest BCUT2D eigenvalue weighted by atomic mass is 9.79. The molecule has 3 aliphatic rings. The highest BCUT2D eigenvalue weighted by molar-refractivity contribution is 5.88. The van der Waals surface area contributed by atoms with E-state index >= 15 is 0 Å². The van der Waals surface area contributed by atoms with Crippen molar-refractivity contribution in [3.63, 3.8) is 0 Å². The Kier molecular flexibility index (Phi) is 7.75. The highest BCUT2D eigenvalue weighted by atomic mass is 19.1. The molecule has 1 aromatic rings. The lowest BCUT2D eigenvalue weighted by Crippen LogP contribution is -2.60. The Morgan fingerprint density at radius 3 is 2.72 bits per heavy atom. The molecule has 0 bridgehead atoms. The summed E-state index contributed by atoms with van der Waals surface area (Å²) in [7, 11) is 0. The van der Waals surface area contributed by atoms with Crippen LogP contribution in [0.15, 0.2) is 24.3 Å². The third-order valence-electron chi connectivity index (χ3n) is 7.18. The summed E-state index contributed by atoms with van der Waals surface area (Å²) in [4.78, 5) is 30.0. The summed E-state index contributed by atoms with van der Waals surface area (Å²) in [5.74, 6) is -0.531. The van der Waals surface area contributed by atoms with E-state index in [1.807, 2.05) is 11.0 Å². The van der Waals surface area contributed by atoms with Gasteiger partial charge in [0.1, 0.15) is 5.82 Å². The maximum Gasteiger partial charge on any atom is 0.237 e. The summed E-state index contributed by atoms with van der Waals surface area (Å²) in [6, 6.07) is 5.87. The molecule has 1 atom stereocenters. The SMILES string of the molecule is O=C(CC1C(=O)NCCN1Cc1cccc(F)c1)NCC1(N2CCOCC2)CCCCC1. The number of piperazine rings is 1. The van der Waals surface area contributed by atoms with Crippen LogP contribution in [0.1, 0.15) is 44.1 Å². The molecule has 2 saturated heterocycles. The minimum Gasteiger partial charge on any atom is -0.379 e. The van der Waals surface area contributed by atoms with Gasteiger partial charge in [0.05, 0.1) is 25.7 Å². The predicted octanol–water partition coefficient (Wildman–Crippen LogP) is 1.67. The zero-order valence-corrected chi connectivity index (χ0v) is 18.8. The van der Waals surface area contributed by atoms with Gasteiger partial charge in [-0.3, -0.25) is 19.4 Å². The predicted molar refractivity (Wildman–Crippen MR) is 119 cm³/mol. The normalized spacial score (nSPS) is 24.7. The molecule has 7 nitrogen and oxygen atoms in total. The monoisotopic (exact) mass is 446 g/mol. The van der Waals surface area contributed by atoms with Gasteiger partial charge >= 0.3 is 0 Å². The molecule has 32 heavy (non-hydrogen) atoms. The fraction of sp³-hybridized carbons (Fsp3) is 0.667. The van der Waals surface area contributed by atoms with Crippen molar-refractivity contribution in [1.29, 1.82) is 0 Å². The molecule has 1 aliphatic carbocycles. The molecule has 4 rings (SSSR count). The zero-order chi connectivity index (χ0) is 22.4. The van der Waals surface area contributed by atoms with Crippen molar-refractivity contribution in [2.24, 2.45) is 0 Å². The maximum absolute atomic E-state index is 13.6. The molecule has 0 radical (unpaired) electrons. The van der Waals surface area contributed by atoms with E-state index in [0.717, 1.165) is 44.7 Å². The number of ether oxygens (including phenoxy) is 1. The average Bonchev–Trinajstić information content (AvgIpc) is 2.81. The lowest BCUT2D eigenvalue weighted by molar-refractivity contribution is -0.134. The molecule has 3 fully saturated rings. The molecule has 1 aromatic carbocycles. The van der Waals surface area contributed by atoms with E-state index in [9.17, 15) is 14.0 Å². The van der Waals surface area contributed by atoms with Crippen LogP contribution in [0.2, 0.25) is 0 Å². The largest absolute Gasteiger partial charge is 0.379 e. The minimum atomic E-state index is -0.544. The Morgan fingerprint density at radius 1 is 1.19 bits per heavy atom. The third-order valence-corrected chi connectivity index (χ3v) is 7.18. The fourth-order valence-corrected chi connectivity index (χ4v) is 5.41. The van der Waals surface area contributed by atoms with Gasteiger partial charge in [0, 0.05) is 44.8 Å². The van der Waals surface area contributed by atoms with Gasteiger partial charge in [-0.2, -0.15) is 0 Å². The number of hydrogen-bond acceptors (Lipinski definition) is 5. The van der Waals surface area contributed by atoms with Crippen molar-refractivity contribution < 1.29 is 18.7 Å². The molecule has 2 amide bonds. The number of halogens is 1. The van der Waals surface area contributed by atoms with Crippen molar-refractivity contribution >= 4 is 11.8 Å². The highest BCUT2D eigenvalue weighted by Gasteiger charge is 2.39. The number of amides is 2. The average molecular weight is 447 g/mol. The van der Waals surface area contributed by atoms with Crippen molar-refractivity contribution in [2.45, 2.75) is 56.7 Å². The number of benzene rings is 1. The van der Waals surface area contributed by atoms with E-state index in [-0.39, 0.29) is 29.6 Å². The first kappa shape index (κ1) is 23.1. The first-order valence-electron chi connectivity index (χ1n) is 11.9. The Labute approximate surface area is 189 Å². The second kappa shape index (κ2) is 10.7. The van der Waals surface area contributed by atoms with E-state index in [1.165, 1.54) is 31.4 Å². The van der Waals surface area contributed by atoms with Crippen LogP contribution in [0.3, 0.4) is 0 Å². The molecule has 2 heterocycles. The summed E-state index contributed by atoms with van der Waals surface area (Å²) in [6.45, 7) is 5.53. The van der Waals surface area contributed by atoms with Gasteiger partial charge < -0.3 is 15.4 Å². The van der Waals surface area contributed by atoms with E-state index in [4.69, 9.17) is 4.74 Å². The van der Waals surface area contributed by atoms with Gasteiger partial charge in [-0.1, -0.05) is 31.4 Å². The number of nitrogens with zero attached hydrogens (tertiary/aromatic N) is 2. The summed E-state index contributed by atoms with van der Waals surface area (Å²) in [5, 5.41) is 6.04. The molecular weight excluding hydrogens is 411 g/mol. The summed E-state index contributed by atoms with van der Waals surface area (Å²) < 4.78 is 19.1. The second-order valence-electron chi connectivity index (χ2n) is 9.27. The van der Waals surface area contributed by atoms with E-state index in [0.29, 0.717) is 26.2 Å². The number of carbonyl (C=O) groups is 2. The Balaban J connectivity index is 1.37. The lowest BCUT2D eigenvalue weighted by Gasteiger charge is -2.48. The standard InChI is InChI=1S/C24H35FN4O3/c25-20-6-4-5-19(15-20)17-28-10-9-26-23(31)21(28)16-22(30)27-18-24(7-2-1-3-8-24)29-11-13-32-14-12-29/h4-6,15,21H,1-3,7-14,16-18H2,(H,26,31)(H,27,30). The van der Waals surface area contributed by atoms with Gasteiger partial charge in [-0.15, -0.1) is 0 Å². The molecule has 1 unspecified atom stereocenters. The third kappa shape index (κ3) is 5.66. The highest BCUT2D eigenvalue weighted by Crippen LogP contribution is 2.34. The Hall–Kier alpha value is -2.03. The smallest absolute Gasteiger partial charge is 0.237 e. The van der Waals surface area contributed by atoms with E-state index in [2.05, 4.69) is 15.5 Å². The molecule has 2 N–H and O–H groups in total. The van der Waals surface area contributed by atoms with Gasteiger partial charge in [-0.05, 0) is 30.5 Å². The Bertz CT molecular complexity index is 793. The summed E-state index contributed by atoms with van der Waals surface area (Å²) in [5.41, 5.74) is 0.798. The first-order valence-corrected chi connectivity index (χ1v) is 11.9. The quantitative estimate of drug-likeness (QED) is 0.667. The van der Waals surface area contributed by atoms with Crippen LogP contribution < -0.4 is 10.6 Å². The van der Waals surface area contributed by atoms with Gasteiger partial charge in [0.25, 0.3) is 0 Å². The molecule has 176 valence electrons. The van der Waals surface area contributed by atoms with Crippen molar-refractivity contribution in [1.82, 2.24) is 20.4 Å². The van der Waals surface area contributed by atoms with Crippen LogP contribution in [0.5, 0.6) is 0 Å². The maximum atomic E-state index is 13.6. The topological polar surface area (TPSA) is 73.9 Å². The number of morpholine rings is 1. The zero-order valence-electron chi connectivity index (χ0n) is 18.8. The van der Waals surface area contributed by atoms with Crippen molar-refractivity contribution in [2.75, 3.05) is 45.9 Å². The number of nitrogens with one attached hydrogen (secondary N) is 2. The van der Waals surface area contributed by atoms with Gasteiger partial charge in [-0.25, -0.2) is 4.39 Å². The summed E-state index contributed by atoms with van der Waals surface area (Å²) in [6.07, 6.45) is 5.89. The first-order chi connectivity index (χ1) is 15.6. The van der Waals surface area contributed by atoms with E-state index < -0.39 is 6.04 Å². The van der Waals surface area contributed by atoms with Crippen LogP contribution in [0.25, 0.3) is 0 Å². The number of hydrogen-bond donors (Lipinski definition) is 2. The van der Waals surface area contributed by atoms with Crippen molar-refractivity contribution in [3.8, 4) is 0 Å². The van der Waals surface area contributed by atoms with E-state index in [1.54, 1.807) is 6.07 Å². The van der Waals surface area contributed by atoms with Crippen LogP contribution in [0, 0.1) is 5.82 Å². The Morgan fingerprint density at radius 2 is 1.97 bits per heavy atom. The van der Waals surface area contributed by atoms with Crippen LogP contribution in [0.4, 0.5) is 4.39 Å². The molecular formula is C24H35FN4O3. The molecule has 2 aliphatic heterocycles.